The van der Waals surface area contributed by atoms with Crippen LogP contribution in [0.15, 0.2) is 12.1 Å². The maximum atomic E-state index is 12.2. The Bertz CT molecular complexity index is 477. The lowest BCUT2D eigenvalue weighted by Gasteiger charge is -2.30. The minimum Gasteiger partial charge on any atom is -0.398 e. The molecule has 1 aromatic carbocycles. The predicted octanol–water partition coefficient (Wildman–Crippen LogP) is 3.15. The predicted molar refractivity (Wildman–Crippen MR) is 79.3 cm³/mol. The molecule has 0 bridgehead atoms. The number of anilines is 2. The highest BCUT2D eigenvalue weighted by Crippen LogP contribution is 2.23. The maximum Gasteiger partial charge on any atom is 0.321 e. The molecule has 0 saturated carbocycles. The molecule has 0 spiro atoms. The number of hydrogen-bond acceptors (Lipinski definition) is 2. The molecule has 1 aliphatic heterocycles. The number of nitrogen functional groups attached to an aromatic ring is 1. The molecule has 1 aromatic rings. The Kier molecular flexibility index (Phi) is 3.98. The Morgan fingerprint density at radius 3 is 2.53 bits per heavy atom. The van der Waals surface area contributed by atoms with Crippen LogP contribution in [0.5, 0.6) is 0 Å². The van der Waals surface area contributed by atoms with Gasteiger partial charge < -0.3 is 16.0 Å². The molecule has 4 nitrogen and oxygen atoms in total. The second-order valence-corrected chi connectivity index (χ2v) is 5.62. The van der Waals surface area contributed by atoms with E-state index in [4.69, 9.17) is 5.73 Å². The molecule has 0 aromatic heterocycles. The van der Waals surface area contributed by atoms with E-state index in [1.165, 1.54) is 0 Å². The quantitative estimate of drug-likeness (QED) is 0.763. The number of aryl methyl sites for hydroxylation is 2. The number of amides is 2. The van der Waals surface area contributed by atoms with Gasteiger partial charge in [-0.25, -0.2) is 4.79 Å². The lowest BCUT2D eigenvalue weighted by molar-refractivity contribution is 0.186. The standard InChI is InChI=1S/C15H23N3O/c1-10-4-6-18(7-5-10)15(19)17-14-9-13(16)11(2)8-12(14)3/h8-10H,4-7,16H2,1-3H3,(H,17,19). The van der Waals surface area contributed by atoms with Gasteiger partial charge in [-0.05, 0) is 49.8 Å². The first-order valence-electron chi connectivity index (χ1n) is 6.90. The van der Waals surface area contributed by atoms with Crippen molar-refractivity contribution in [2.75, 3.05) is 24.1 Å². The van der Waals surface area contributed by atoms with Gasteiger partial charge in [-0.15, -0.1) is 0 Å². The van der Waals surface area contributed by atoms with Gasteiger partial charge in [0, 0.05) is 24.5 Å². The van der Waals surface area contributed by atoms with Gasteiger partial charge >= 0.3 is 6.03 Å². The third kappa shape index (κ3) is 3.19. The summed E-state index contributed by atoms with van der Waals surface area (Å²) in [6, 6.07) is 3.83. The van der Waals surface area contributed by atoms with E-state index in [-0.39, 0.29) is 6.03 Å². The van der Waals surface area contributed by atoms with Gasteiger partial charge in [0.1, 0.15) is 0 Å². The highest BCUT2D eigenvalue weighted by Gasteiger charge is 2.20. The minimum atomic E-state index is -0.0155. The number of carbonyl (C=O) groups excluding carboxylic acids is 1. The number of nitrogens with one attached hydrogen (secondary N) is 1. The van der Waals surface area contributed by atoms with E-state index >= 15 is 0 Å². The van der Waals surface area contributed by atoms with Crippen LogP contribution in [0.2, 0.25) is 0 Å². The van der Waals surface area contributed by atoms with E-state index in [1.807, 2.05) is 30.9 Å². The van der Waals surface area contributed by atoms with Crippen LogP contribution in [0, 0.1) is 19.8 Å². The molecule has 0 atom stereocenters. The van der Waals surface area contributed by atoms with E-state index < -0.39 is 0 Å². The van der Waals surface area contributed by atoms with Crippen LogP contribution in [0.25, 0.3) is 0 Å². The summed E-state index contributed by atoms with van der Waals surface area (Å²) in [4.78, 5) is 14.1. The maximum absolute atomic E-state index is 12.2. The lowest BCUT2D eigenvalue weighted by Crippen LogP contribution is -2.40. The Morgan fingerprint density at radius 1 is 1.26 bits per heavy atom. The highest BCUT2D eigenvalue weighted by atomic mass is 16.2. The van der Waals surface area contributed by atoms with Crippen molar-refractivity contribution in [1.82, 2.24) is 4.90 Å². The van der Waals surface area contributed by atoms with Gasteiger partial charge in [-0.2, -0.15) is 0 Å². The number of benzene rings is 1. The second-order valence-electron chi connectivity index (χ2n) is 5.62. The summed E-state index contributed by atoms with van der Waals surface area (Å²) in [5.41, 5.74) is 9.52. The number of rotatable bonds is 1. The Labute approximate surface area is 115 Å². The Morgan fingerprint density at radius 2 is 1.89 bits per heavy atom. The highest BCUT2D eigenvalue weighted by molar-refractivity contribution is 5.91. The first-order valence-corrected chi connectivity index (χ1v) is 6.90. The zero-order valence-electron chi connectivity index (χ0n) is 12.0. The molecule has 0 radical (unpaired) electrons. The number of likely N-dealkylation sites (tertiary alicyclic amines) is 1. The molecule has 1 heterocycles. The van der Waals surface area contributed by atoms with Crippen molar-refractivity contribution in [2.45, 2.75) is 33.6 Å². The van der Waals surface area contributed by atoms with Crippen LogP contribution in [0.3, 0.4) is 0 Å². The zero-order valence-corrected chi connectivity index (χ0v) is 12.0. The third-order valence-corrected chi connectivity index (χ3v) is 3.93. The van der Waals surface area contributed by atoms with E-state index in [2.05, 4.69) is 12.2 Å². The van der Waals surface area contributed by atoms with Crippen LogP contribution < -0.4 is 11.1 Å². The van der Waals surface area contributed by atoms with Gasteiger partial charge in [0.15, 0.2) is 0 Å². The van der Waals surface area contributed by atoms with E-state index in [0.717, 1.165) is 48.7 Å². The molecule has 0 unspecified atom stereocenters. The average molecular weight is 261 g/mol. The van der Waals surface area contributed by atoms with E-state index in [9.17, 15) is 4.79 Å². The number of carbonyl (C=O) groups is 1. The number of hydrogen-bond donors (Lipinski definition) is 2. The van der Waals surface area contributed by atoms with Crippen molar-refractivity contribution in [3.63, 3.8) is 0 Å². The fourth-order valence-corrected chi connectivity index (χ4v) is 2.41. The lowest BCUT2D eigenvalue weighted by atomic mass is 10.00. The fraction of sp³-hybridized carbons (Fsp3) is 0.533. The van der Waals surface area contributed by atoms with E-state index in [0.29, 0.717) is 5.69 Å². The summed E-state index contributed by atoms with van der Waals surface area (Å²) in [5, 5.41) is 2.97. The van der Waals surface area contributed by atoms with Crippen LogP contribution in [0.4, 0.5) is 16.2 Å². The summed E-state index contributed by atoms with van der Waals surface area (Å²) < 4.78 is 0. The molecule has 1 aliphatic rings. The molecule has 4 heteroatoms. The van der Waals surface area contributed by atoms with Gasteiger partial charge in [0.25, 0.3) is 0 Å². The first kappa shape index (κ1) is 13.7. The van der Waals surface area contributed by atoms with Crippen LogP contribution in [0.1, 0.15) is 30.9 Å². The normalized spacial score (nSPS) is 16.5. The van der Waals surface area contributed by atoms with Crippen molar-refractivity contribution >= 4 is 17.4 Å². The van der Waals surface area contributed by atoms with Crippen LogP contribution in [-0.2, 0) is 0 Å². The van der Waals surface area contributed by atoms with E-state index in [1.54, 1.807) is 0 Å². The van der Waals surface area contributed by atoms with Crippen molar-refractivity contribution in [1.29, 1.82) is 0 Å². The first-order chi connectivity index (χ1) is 8.97. The van der Waals surface area contributed by atoms with Gasteiger partial charge in [0.05, 0.1) is 0 Å². The van der Waals surface area contributed by atoms with Gasteiger partial charge in [-0.3, -0.25) is 0 Å². The summed E-state index contributed by atoms with van der Waals surface area (Å²) in [6.07, 6.45) is 2.17. The molecule has 1 fully saturated rings. The summed E-state index contributed by atoms with van der Waals surface area (Å²) in [7, 11) is 0. The molecule has 19 heavy (non-hydrogen) atoms. The summed E-state index contributed by atoms with van der Waals surface area (Å²) in [6.45, 7) is 7.88. The number of nitrogens with zero attached hydrogens (tertiary/aromatic N) is 1. The fourth-order valence-electron chi connectivity index (χ4n) is 2.41. The molecular weight excluding hydrogens is 238 g/mol. The summed E-state index contributed by atoms with van der Waals surface area (Å²) >= 11 is 0. The monoisotopic (exact) mass is 261 g/mol. The Balaban J connectivity index is 2.05. The second kappa shape index (κ2) is 5.51. The molecular formula is C15H23N3O. The van der Waals surface area contributed by atoms with Crippen molar-refractivity contribution < 1.29 is 4.79 Å². The summed E-state index contributed by atoms with van der Waals surface area (Å²) in [5.74, 6) is 0.723. The molecule has 0 aliphatic carbocycles. The minimum absolute atomic E-state index is 0.0155. The van der Waals surface area contributed by atoms with Crippen molar-refractivity contribution in [3.05, 3.63) is 23.3 Å². The van der Waals surface area contributed by atoms with Crippen LogP contribution >= 0.6 is 0 Å². The van der Waals surface area contributed by atoms with Gasteiger partial charge in [0.2, 0.25) is 0 Å². The van der Waals surface area contributed by atoms with Crippen molar-refractivity contribution in [2.24, 2.45) is 5.92 Å². The molecule has 104 valence electrons. The SMILES string of the molecule is Cc1cc(C)c(NC(=O)N2CCC(C)CC2)cc1N. The molecule has 2 rings (SSSR count). The van der Waals surface area contributed by atoms with Gasteiger partial charge in [-0.1, -0.05) is 13.0 Å². The average Bonchev–Trinajstić information content (AvgIpc) is 2.36. The molecule has 3 N–H and O–H groups in total. The van der Waals surface area contributed by atoms with Crippen molar-refractivity contribution in [3.8, 4) is 0 Å². The van der Waals surface area contributed by atoms with Crippen LogP contribution in [-0.4, -0.2) is 24.0 Å². The number of piperidine rings is 1. The Hall–Kier alpha value is -1.71. The molecule has 2 amide bonds. The molecule has 1 saturated heterocycles. The third-order valence-electron chi connectivity index (χ3n) is 3.93. The largest absolute Gasteiger partial charge is 0.398 e. The number of nitrogens with two attached hydrogens (primary N) is 1. The zero-order chi connectivity index (χ0) is 14.0. The number of urea groups is 1. The smallest absolute Gasteiger partial charge is 0.321 e. The topological polar surface area (TPSA) is 58.4 Å².